The summed E-state index contributed by atoms with van der Waals surface area (Å²) < 4.78 is 38.6. The monoisotopic (exact) mass is 432 g/mol. The third-order valence-electron chi connectivity index (χ3n) is 6.04. The number of halogens is 3. The molecule has 0 aliphatic heterocycles. The van der Waals surface area contributed by atoms with Gasteiger partial charge < -0.3 is 5.32 Å². The van der Waals surface area contributed by atoms with Crippen molar-refractivity contribution in [2.24, 2.45) is 5.92 Å². The molecule has 0 unspecified atom stereocenters. The van der Waals surface area contributed by atoms with Crippen LogP contribution in [-0.4, -0.2) is 17.4 Å². The molecule has 3 rings (SSSR count). The Morgan fingerprint density at radius 3 is 2.48 bits per heavy atom. The normalized spacial score (nSPS) is 15.5. The van der Waals surface area contributed by atoms with Gasteiger partial charge in [0.2, 0.25) is 0 Å². The Balaban J connectivity index is 1.49. The van der Waals surface area contributed by atoms with Crippen molar-refractivity contribution in [3.8, 4) is 0 Å². The van der Waals surface area contributed by atoms with E-state index < -0.39 is 11.7 Å². The average Bonchev–Trinajstić information content (AvgIpc) is 3.04. The largest absolute Gasteiger partial charge is 0.416 e. The Morgan fingerprint density at radius 1 is 1.00 bits per heavy atom. The standard InChI is InChI=1S/C25H31F3N2O/c26-25(27,28)21-13-7-12-19(17-21)9-5-6-15-23-22(14-8-16-29-23)24(31)30-18-20-10-3-1-2-4-11-20/h7-8,12-14,16-17,20H,1-6,9-11,15,18H2,(H,30,31). The maximum atomic E-state index is 12.9. The number of amides is 1. The van der Waals surface area contributed by atoms with E-state index in [2.05, 4.69) is 10.3 Å². The van der Waals surface area contributed by atoms with Gasteiger partial charge in [0.25, 0.3) is 5.91 Å². The van der Waals surface area contributed by atoms with Gasteiger partial charge in [0.05, 0.1) is 16.8 Å². The molecule has 6 heteroatoms. The van der Waals surface area contributed by atoms with Crippen molar-refractivity contribution in [2.75, 3.05) is 6.54 Å². The Morgan fingerprint density at radius 2 is 1.74 bits per heavy atom. The second-order valence-corrected chi connectivity index (χ2v) is 8.47. The zero-order valence-corrected chi connectivity index (χ0v) is 17.9. The third kappa shape index (κ3) is 7.37. The van der Waals surface area contributed by atoms with E-state index in [9.17, 15) is 18.0 Å². The van der Waals surface area contributed by atoms with Crippen LogP contribution >= 0.6 is 0 Å². The first-order valence-electron chi connectivity index (χ1n) is 11.3. The van der Waals surface area contributed by atoms with Crippen LogP contribution in [0.25, 0.3) is 0 Å². The van der Waals surface area contributed by atoms with Crippen LogP contribution in [0, 0.1) is 5.92 Å². The molecule has 1 saturated carbocycles. The number of hydrogen-bond donors (Lipinski definition) is 1. The zero-order valence-electron chi connectivity index (χ0n) is 17.9. The average molecular weight is 433 g/mol. The van der Waals surface area contributed by atoms with Crippen molar-refractivity contribution in [1.82, 2.24) is 10.3 Å². The number of carbonyl (C=O) groups excluding carboxylic acids is 1. The lowest BCUT2D eigenvalue weighted by molar-refractivity contribution is -0.137. The Kier molecular flexibility index (Phi) is 8.50. The lowest BCUT2D eigenvalue weighted by atomic mass is 10.00. The van der Waals surface area contributed by atoms with E-state index in [0.717, 1.165) is 24.6 Å². The van der Waals surface area contributed by atoms with E-state index in [-0.39, 0.29) is 5.91 Å². The fourth-order valence-electron chi connectivity index (χ4n) is 4.27. The molecule has 1 aliphatic carbocycles. The number of aryl methyl sites for hydroxylation is 2. The number of rotatable bonds is 8. The number of aromatic nitrogens is 1. The third-order valence-corrected chi connectivity index (χ3v) is 6.04. The van der Waals surface area contributed by atoms with Crippen LogP contribution in [-0.2, 0) is 19.0 Å². The van der Waals surface area contributed by atoms with Gasteiger partial charge in [0.1, 0.15) is 0 Å². The van der Waals surface area contributed by atoms with Gasteiger partial charge >= 0.3 is 6.18 Å². The predicted octanol–water partition coefficient (Wildman–Crippen LogP) is 6.37. The fraction of sp³-hybridized carbons (Fsp3) is 0.520. The van der Waals surface area contributed by atoms with Crippen LogP contribution in [0.1, 0.15) is 78.5 Å². The number of unbranched alkanes of at least 4 members (excludes halogenated alkanes) is 1. The summed E-state index contributed by atoms with van der Waals surface area (Å²) in [5, 5.41) is 3.09. The molecule has 1 aliphatic rings. The molecule has 0 atom stereocenters. The molecule has 1 fully saturated rings. The number of pyridine rings is 1. The Bertz CT molecular complexity index is 843. The molecular formula is C25H31F3N2O. The molecule has 0 saturated heterocycles. The highest BCUT2D eigenvalue weighted by atomic mass is 19.4. The van der Waals surface area contributed by atoms with Crippen LogP contribution in [0.15, 0.2) is 42.6 Å². The number of benzene rings is 1. The highest BCUT2D eigenvalue weighted by Gasteiger charge is 2.30. The van der Waals surface area contributed by atoms with E-state index in [1.165, 1.54) is 50.7 Å². The highest BCUT2D eigenvalue weighted by molar-refractivity contribution is 5.95. The summed E-state index contributed by atoms with van der Waals surface area (Å²) in [4.78, 5) is 17.1. The fourth-order valence-corrected chi connectivity index (χ4v) is 4.27. The van der Waals surface area contributed by atoms with Gasteiger partial charge in [-0.3, -0.25) is 9.78 Å². The van der Waals surface area contributed by atoms with Gasteiger partial charge in [-0.25, -0.2) is 0 Å². The van der Waals surface area contributed by atoms with E-state index in [1.54, 1.807) is 24.4 Å². The summed E-state index contributed by atoms with van der Waals surface area (Å²) in [7, 11) is 0. The van der Waals surface area contributed by atoms with Gasteiger partial charge in [0.15, 0.2) is 0 Å². The topological polar surface area (TPSA) is 42.0 Å². The van der Waals surface area contributed by atoms with Gasteiger partial charge in [-0.1, -0.05) is 43.9 Å². The van der Waals surface area contributed by atoms with Crippen molar-refractivity contribution in [3.63, 3.8) is 0 Å². The first kappa shape index (κ1) is 23.3. The first-order valence-corrected chi connectivity index (χ1v) is 11.3. The molecule has 1 heterocycles. The molecule has 1 aromatic carbocycles. The maximum absolute atomic E-state index is 12.9. The molecule has 1 N–H and O–H groups in total. The molecule has 0 radical (unpaired) electrons. The molecule has 0 spiro atoms. The van der Waals surface area contributed by atoms with E-state index in [1.807, 2.05) is 0 Å². The van der Waals surface area contributed by atoms with Crippen molar-refractivity contribution in [3.05, 3.63) is 65.0 Å². The SMILES string of the molecule is O=C(NCC1CCCCCC1)c1cccnc1CCCCc1cccc(C(F)(F)F)c1. The summed E-state index contributed by atoms with van der Waals surface area (Å²) in [6.07, 6.45) is 7.48. The minimum Gasteiger partial charge on any atom is -0.352 e. The van der Waals surface area contributed by atoms with Crippen molar-refractivity contribution < 1.29 is 18.0 Å². The summed E-state index contributed by atoms with van der Waals surface area (Å²) >= 11 is 0. The summed E-state index contributed by atoms with van der Waals surface area (Å²) in [6.45, 7) is 0.711. The van der Waals surface area contributed by atoms with E-state index in [0.29, 0.717) is 36.4 Å². The van der Waals surface area contributed by atoms with Crippen molar-refractivity contribution >= 4 is 5.91 Å². The number of nitrogens with one attached hydrogen (secondary N) is 1. The predicted molar refractivity (Wildman–Crippen MR) is 116 cm³/mol. The second-order valence-electron chi connectivity index (χ2n) is 8.47. The summed E-state index contributed by atoms with van der Waals surface area (Å²) in [5.74, 6) is 0.476. The van der Waals surface area contributed by atoms with Crippen LogP contribution in [0.4, 0.5) is 13.2 Å². The quantitative estimate of drug-likeness (QED) is 0.389. The number of alkyl halides is 3. The molecule has 1 amide bonds. The molecule has 31 heavy (non-hydrogen) atoms. The molecular weight excluding hydrogens is 401 g/mol. The Hall–Kier alpha value is -2.37. The van der Waals surface area contributed by atoms with Gasteiger partial charge in [0, 0.05) is 12.7 Å². The Labute approximate surface area is 182 Å². The highest BCUT2D eigenvalue weighted by Crippen LogP contribution is 2.30. The molecule has 0 bridgehead atoms. The minimum atomic E-state index is -4.32. The van der Waals surface area contributed by atoms with Crippen molar-refractivity contribution in [2.45, 2.75) is 70.4 Å². The lowest BCUT2D eigenvalue weighted by Crippen LogP contribution is -2.30. The zero-order chi connectivity index (χ0) is 22.1. The lowest BCUT2D eigenvalue weighted by Gasteiger charge is -2.15. The van der Waals surface area contributed by atoms with Crippen molar-refractivity contribution in [1.29, 1.82) is 0 Å². The van der Waals surface area contributed by atoms with Gasteiger partial charge in [-0.05, 0) is 68.2 Å². The van der Waals surface area contributed by atoms with Crippen LogP contribution in [0.3, 0.4) is 0 Å². The van der Waals surface area contributed by atoms with Gasteiger partial charge in [-0.15, -0.1) is 0 Å². The minimum absolute atomic E-state index is 0.0785. The molecule has 2 aromatic rings. The first-order chi connectivity index (χ1) is 14.9. The summed E-state index contributed by atoms with van der Waals surface area (Å²) in [5.41, 5.74) is 1.43. The van der Waals surface area contributed by atoms with E-state index >= 15 is 0 Å². The molecule has 3 nitrogen and oxygen atoms in total. The maximum Gasteiger partial charge on any atom is 0.416 e. The van der Waals surface area contributed by atoms with Crippen LogP contribution in [0.5, 0.6) is 0 Å². The second kappa shape index (κ2) is 11.3. The molecule has 168 valence electrons. The molecule has 1 aromatic heterocycles. The number of hydrogen-bond acceptors (Lipinski definition) is 2. The smallest absolute Gasteiger partial charge is 0.352 e. The van der Waals surface area contributed by atoms with Crippen LogP contribution < -0.4 is 5.32 Å². The number of nitrogens with zero attached hydrogens (tertiary/aromatic N) is 1. The summed E-state index contributed by atoms with van der Waals surface area (Å²) in [6, 6.07) is 9.06. The van der Waals surface area contributed by atoms with Gasteiger partial charge in [-0.2, -0.15) is 13.2 Å². The van der Waals surface area contributed by atoms with E-state index in [4.69, 9.17) is 0 Å². The van der Waals surface area contributed by atoms with Crippen LogP contribution in [0.2, 0.25) is 0 Å². The number of carbonyl (C=O) groups is 1.